The van der Waals surface area contributed by atoms with Crippen LogP contribution in [0.5, 0.6) is 11.6 Å². The van der Waals surface area contributed by atoms with Crippen molar-refractivity contribution in [3.63, 3.8) is 0 Å². The lowest BCUT2D eigenvalue weighted by Gasteiger charge is -2.13. The molecule has 0 unspecified atom stereocenters. The largest absolute Gasteiger partial charge is 0.496 e. The number of hydrogen-bond acceptors (Lipinski definition) is 5. The molecule has 0 aliphatic carbocycles. The van der Waals surface area contributed by atoms with Gasteiger partial charge in [-0.25, -0.2) is 4.98 Å². The molecule has 2 amide bonds. The highest BCUT2D eigenvalue weighted by atomic mass is 19.4. The van der Waals surface area contributed by atoms with E-state index >= 15 is 0 Å². The fourth-order valence-corrected chi connectivity index (χ4v) is 3.42. The zero-order chi connectivity index (χ0) is 21.2. The van der Waals surface area contributed by atoms with Gasteiger partial charge in [0.15, 0.2) is 0 Å². The zero-order valence-corrected chi connectivity index (χ0v) is 15.6. The quantitative estimate of drug-likeness (QED) is 0.729. The minimum absolute atomic E-state index is 0.112. The van der Waals surface area contributed by atoms with Crippen LogP contribution in [0.3, 0.4) is 0 Å². The summed E-state index contributed by atoms with van der Waals surface area (Å²) in [7, 11) is 1.41. The van der Waals surface area contributed by atoms with Gasteiger partial charge in [0.25, 0.3) is 5.91 Å². The molecule has 2 heterocycles. The van der Waals surface area contributed by atoms with Crippen molar-refractivity contribution in [2.75, 3.05) is 13.7 Å². The van der Waals surface area contributed by atoms with E-state index in [1.54, 1.807) is 18.2 Å². The van der Waals surface area contributed by atoms with Crippen LogP contribution in [0.1, 0.15) is 29.6 Å². The third-order valence-electron chi connectivity index (χ3n) is 4.78. The number of ether oxygens (including phenoxy) is 2. The van der Waals surface area contributed by atoms with Gasteiger partial charge in [-0.15, -0.1) is 0 Å². The summed E-state index contributed by atoms with van der Waals surface area (Å²) in [5.74, 6) is -1.71. The number of halogens is 3. The fourth-order valence-electron chi connectivity index (χ4n) is 3.42. The van der Waals surface area contributed by atoms with Gasteiger partial charge >= 0.3 is 6.18 Å². The Hall–Kier alpha value is -3.04. The van der Waals surface area contributed by atoms with E-state index in [0.717, 1.165) is 0 Å². The summed E-state index contributed by atoms with van der Waals surface area (Å²) in [4.78, 5) is 27.4. The molecule has 1 fully saturated rings. The lowest BCUT2D eigenvalue weighted by atomic mass is 10.00. The van der Waals surface area contributed by atoms with Crippen molar-refractivity contribution < 1.29 is 32.2 Å². The highest BCUT2D eigenvalue weighted by Crippen LogP contribution is 2.32. The first-order valence-corrected chi connectivity index (χ1v) is 8.94. The Labute approximate surface area is 164 Å². The number of alkyl halides is 3. The molecule has 2 aromatic rings. The number of methoxy groups -OCH3 is 1. The predicted molar refractivity (Wildman–Crippen MR) is 97.6 cm³/mol. The average Bonchev–Trinajstić information content (AvgIpc) is 2.98. The number of hydrogen-bond donors (Lipinski definition) is 2. The molecule has 156 valence electrons. The monoisotopic (exact) mass is 411 g/mol. The number of nitrogens with two attached hydrogens (primary N) is 1. The van der Waals surface area contributed by atoms with Gasteiger partial charge in [0.2, 0.25) is 11.8 Å². The van der Waals surface area contributed by atoms with Crippen molar-refractivity contribution in [2.45, 2.75) is 31.5 Å². The third-order valence-corrected chi connectivity index (χ3v) is 4.78. The third kappa shape index (κ3) is 4.87. The number of pyridine rings is 1. The molecule has 1 aliphatic rings. The van der Waals surface area contributed by atoms with E-state index in [-0.39, 0.29) is 36.3 Å². The Morgan fingerprint density at radius 1 is 1.38 bits per heavy atom. The van der Waals surface area contributed by atoms with E-state index < -0.39 is 30.3 Å². The van der Waals surface area contributed by atoms with Crippen molar-refractivity contribution in [1.82, 2.24) is 10.3 Å². The van der Waals surface area contributed by atoms with Crippen LogP contribution in [0.2, 0.25) is 0 Å². The molecule has 10 heteroatoms. The van der Waals surface area contributed by atoms with Crippen molar-refractivity contribution in [1.29, 1.82) is 0 Å². The lowest BCUT2D eigenvalue weighted by molar-refractivity contribution is -0.151. The van der Waals surface area contributed by atoms with E-state index in [0.29, 0.717) is 17.2 Å². The van der Waals surface area contributed by atoms with Crippen LogP contribution in [0.25, 0.3) is 10.8 Å². The van der Waals surface area contributed by atoms with E-state index in [4.69, 9.17) is 15.2 Å². The van der Waals surface area contributed by atoms with Crippen LogP contribution in [-0.2, 0) is 4.79 Å². The molecule has 0 spiro atoms. The molecule has 0 bridgehead atoms. The topological polar surface area (TPSA) is 104 Å². The molecule has 3 N–H and O–H groups in total. The van der Waals surface area contributed by atoms with Crippen molar-refractivity contribution in [3.05, 3.63) is 30.0 Å². The van der Waals surface area contributed by atoms with Gasteiger partial charge in [-0.3, -0.25) is 9.59 Å². The fraction of sp³-hybridized carbons (Fsp3) is 0.421. The number of primary amides is 1. The molecule has 1 aromatic carbocycles. The minimum atomic E-state index is -4.37. The maximum absolute atomic E-state index is 12.5. The number of amides is 2. The maximum atomic E-state index is 12.5. The molecular formula is C19H20F3N3O4. The standard InChI is InChI=1S/C19H20F3N3O4/c1-28-15-8-13-10(7-14(15)16(23)26)2-4-24-18(13)29-5-3-12-6-11(17(27)25-12)9-19(20,21)22/h2,4,7-8,11-12H,3,5-6,9H2,1H3,(H2,23,26)(H,25,27)/t11-,12-/m1/s1. The van der Waals surface area contributed by atoms with Crippen LogP contribution < -0.4 is 20.5 Å². The number of carbonyl (C=O) groups excluding carboxylic acids is 2. The van der Waals surface area contributed by atoms with Gasteiger partial charge in [-0.2, -0.15) is 13.2 Å². The number of fused-ring (bicyclic) bond motifs is 1. The first-order chi connectivity index (χ1) is 13.7. The molecule has 2 atom stereocenters. The molecular weight excluding hydrogens is 391 g/mol. The highest BCUT2D eigenvalue weighted by molar-refractivity contribution is 6.01. The van der Waals surface area contributed by atoms with Crippen molar-refractivity contribution in [3.8, 4) is 11.6 Å². The Bertz CT molecular complexity index is 933. The second-order valence-corrected chi connectivity index (χ2v) is 6.85. The Kier molecular flexibility index (Phi) is 5.81. The Morgan fingerprint density at radius 2 is 2.14 bits per heavy atom. The SMILES string of the molecule is COc1cc2c(OCC[C@@H]3C[C@H](CC(F)(F)F)C(=O)N3)nccc2cc1C(N)=O. The summed E-state index contributed by atoms with van der Waals surface area (Å²) in [6.07, 6.45) is -3.53. The summed E-state index contributed by atoms with van der Waals surface area (Å²) >= 11 is 0. The van der Waals surface area contributed by atoms with Gasteiger partial charge in [0.1, 0.15) is 5.75 Å². The van der Waals surface area contributed by atoms with E-state index in [1.807, 2.05) is 0 Å². The molecule has 3 rings (SSSR count). The average molecular weight is 411 g/mol. The molecule has 0 saturated carbocycles. The first kappa shape index (κ1) is 20.7. The van der Waals surface area contributed by atoms with Crippen molar-refractivity contribution >= 4 is 22.6 Å². The second-order valence-electron chi connectivity index (χ2n) is 6.85. The normalized spacial score (nSPS) is 19.2. The molecule has 29 heavy (non-hydrogen) atoms. The summed E-state index contributed by atoms with van der Waals surface area (Å²) in [5.41, 5.74) is 5.58. The van der Waals surface area contributed by atoms with Gasteiger partial charge in [-0.1, -0.05) is 0 Å². The maximum Gasteiger partial charge on any atom is 0.389 e. The van der Waals surface area contributed by atoms with Gasteiger partial charge in [0, 0.05) is 30.0 Å². The Morgan fingerprint density at radius 3 is 2.79 bits per heavy atom. The highest BCUT2D eigenvalue weighted by Gasteiger charge is 2.40. The van der Waals surface area contributed by atoms with E-state index in [2.05, 4.69) is 10.3 Å². The predicted octanol–water partition coefficient (Wildman–Crippen LogP) is 2.57. The summed E-state index contributed by atoms with van der Waals surface area (Å²) in [6.45, 7) is 0.148. The second kappa shape index (κ2) is 8.14. The van der Waals surface area contributed by atoms with Crippen LogP contribution in [-0.4, -0.2) is 42.7 Å². The Balaban J connectivity index is 1.67. The number of nitrogens with one attached hydrogen (secondary N) is 1. The van der Waals surface area contributed by atoms with E-state index in [9.17, 15) is 22.8 Å². The number of benzene rings is 1. The molecule has 1 aliphatic heterocycles. The van der Waals surface area contributed by atoms with Gasteiger partial charge < -0.3 is 20.5 Å². The number of aromatic nitrogens is 1. The first-order valence-electron chi connectivity index (χ1n) is 8.94. The molecule has 1 saturated heterocycles. The van der Waals surface area contributed by atoms with Crippen LogP contribution in [0.4, 0.5) is 13.2 Å². The summed E-state index contributed by atoms with van der Waals surface area (Å²) in [5, 5.41) is 3.84. The van der Waals surface area contributed by atoms with Crippen LogP contribution >= 0.6 is 0 Å². The van der Waals surface area contributed by atoms with Crippen molar-refractivity contribution in [2.24, 2.45) is 11.7 Å². The zero-order valence-electron chi connectivity index (χ0n) is 15.6. The number of rotatable bonds is 7. The number of carbonyl (C=O) groups is 2. The smallest absolute Gasteiger partial charge is 0.389 e. The molecule has 0 radical (unpaired) electrons. The van der Waals surface area contributed by atoms with Crippen LogP contribution in [0, 0.1) is 5.92 Å². The van der Waals surface area contributed by atoms with Gasteiger partial charge in [-0.05, 0) is 30.0 Å². The van der Waals surface area contributed by atoms with E-state index in [1.165, 1.54) is 13.3 Å². The summed E-state index contributed by atoms with van der Waals surface area (Å²) < 4.78 is 48.4. The van der Waals surface area contributed by atoms with Crippen LogP contribution in [0.15, 0.2) is 24.4 Å². The van der Waals surface area contributed by atoms with Gasteiger partial charge in [0.05, 0.1) is 25.7 Å². The number of nitrogens with zero attached hydrogens (tertiary/aromatic N) is 1. The molecule has 7 nitrogen and oxygen atoms in total. The lowest BCUT2D eigenvalue weighted by Crippen LogP contribution is -2.28. The molecule has 1 aromatic heterocycles. The minimum Gasteiger partial charge on any atom is -0.496 e. The summed E-state index contributed by atoms with van der Waals surface area (Å²) in [6, 6.07) is 4.46.